The van der Waals surface area contributed by atoms with Crippen LogP contribution in [0, 0.1) is 0 Å². The number of aromatic nitrogens is 4. The number of hydrogen-bond acceptors (Lipinski definition) is 5. The van der Waals surface area contributed by atoms with E-state index in [4.69, 9.17) is 26.1 Å². The van der Waals surface area contributed by atoms with Crippen molar-refractivity contribution in [2.45, 2.75) is 39.3 Å². The van der Waals surface area contributed by atoms with Gasteiger partial charge in [-0.2, -0.15) is 0 Å². The summed E-state index contributed by atoms with van der Waals surface area (Å²) in [5.74, 6) is 0.686. The van der Waals surface area contributed by atoms with Crippen LogP contribution in [0.1, 0.15) is 32.6 Å². The fourth-order valence-electron chi connectivity index (χ4n) is 2.15. The standard InChI is InChI=1S/C12H18ClN4O4P/c1-7(2)17-9(4-8(3)21-6-22(18,19)20)16-10-11(13)14-5-15-12(10)17/h5,7-8H,4,6H2,1-3H3,(H2,18,19,20). The maximum atomic E-state index is 10.9. The van der Waals surface area contributed by atoms with E-state index in [0.717, 1.165) is 0 Å². The second-order valence-corrected chi connectivity index (χ2v) is 7.25. The van der Waals surface area contributed by atoms with E-state index in [-0.39, 0.29) is 11.2 Å². The molecule has 2 rings (SSSR count). The molecule has 0 bridgehead atoms. The lowest BCUT2D eigenvalue weighted by molar-refractivity contribution is 0.0865. The van der Waals surface area contributed by atoms with E-state index in [1.165, 1.54) is 6.33 Å². The van der Waals surface area contributed by atoms with Gasteiger partial charge in [0.15, 0.2) is 10.8 Å². The van der Waals surface area contributed by atoms with Crippen molar-refractivity contribution in [2.75, 3.05) is 6.35 Å². The molecular formula is C12H18ClN4O4P. The Morgan fingerprint density at radius 1 is 1.36 bits per heavy atom. The van der Waals surface area contributed by atoms with Gasteiger partial charge in [0.25, 0.3) is 0 Å². The number of hydrogen-bond donors (Lipinski definition) is 2. The number of nitrogens with zero attached hydrogens (tertiary/aromatic N) is 4. The molecule has 0 saturated heterocycles. The molecular weight excluding hydrogens is 331 g/mol. The van der Waals surface area contributed by atoms with Crippen LogP contribution >= 0.6 is 19.2 Å². The Balaban J connectivity index is 2.29. The second-order valence-electron chi connectivity index (χ2n) is 5.30. The number of ether oxygens (including phenoxy) is 1. The Kier molecular flexibility index (Phi) is 5.19. The molecule has 2 aromatic rings. The van der Waals surface area contributed by atoms with Crippen LogP contribution in [0.2, 0.25) is 5.15 Å². The average molecular weight is 349 g/mol. The first-order chi connectivity index (χ1) is 10.2. The lowest BCUT2D eigenvalue weighted by atomic mass is 10.2. The molecule has 0 radical (unpaired) electrons. The summed E-state index contributed by atoms with van der Waals surface area (Å²) >= 11 is 6.04. The van der Waals surface area contributed by atoms with Crippen LogP contribution in [0.3, 0.4) is 0 Å². The minimum Gasteiger partial charge on any atom is -0.365 e. The van der Waals surface area contributed by atoms with Crippen molar-refractivity contribution in [3.63, 3.8) is 0 Å². The van der Waals surface area contributed by atoms with Gasteiger partial charge >= 0.3 is 7.60 Å². The monoisotopic (exact) mass is 348 g/mol. The van der Waals surface area contributed by atoms with E-state index in [2.05, 4.69) is 15.0 Å². The van der Waals surface area contributed by atoms with Crippen molar-refractivity contribution >= 4 is 30.4 Å². The summed E-state index contributed by atoms with van der Waals surface area (Å²) < 4.78 is 18.0. The number of imidazole rings is 1. The molecule has 0 amide bonds. The molecule has 1 atom stereocenters. The van der Waals surface area contributed by atoms with Crippen LogP contribution < -0.4 is 0 Å². The molecule has 0 aliphatic heterocycles. The lowest BCUT2D eigenvalue weighted by Gasteiger charge is -2.16. The highest BCUT2D eigenvalue weighted by Gasteiger charge is 2.21. The summed E-state index contributed by atoms with van der Waals surface area (Å²) in [5, 5.41) is 0.273. The first-order valence-electron chi connectivity index (χ1n) is 6.72. The van der Waals surface area contributed by atoms with E-state index in [1.807, 2.05) is 18.4 Å². The van der Waals surface area contributed by atoms with E-state index in [9.17, 15) is 4.57 Å². The van der Waals surface area contributed by atoms with Gasteiger partial charge in [0.2, 0.25) is 0 Å². The first-order valence-corrected chi connectivity index (χ1v) is 8.90. The summed E-state index contributed by atoms with van der Waals surface area (Å²) in [6.45, 7) is 5.70. The number of rotatable bonds is 6. The smallest absolute Gasteiger partial charge is 0.350 e. The van der Waals surface area contributed by atoms with Gasteiger partial charge < -0.3 is 19.1 Å². The third-order valence-electron chi connectivity index (χ3n) is 3.02. The molecule has 1 unspecified atom stereocenters. The summed E-state index contributed by atoms with van der Waals surface area (Å²) in [5.41, 5.74) is 1.14. The van der Waals surface area contributed by atoms with Gasteiger partial charge in [0, 0.05) is 12.5 Å². The predicted octanol–water partition coefficient (Wildman–Crippen LogP) is 2.14. The van der Waals surface area contributed by atoms with Crippen LogP contribution in [0.25, 0.3) is 11.2 Å². The summed E-state index contributed by atoms with van der Waals surface area (Å²) in [6, 6.07) is 0.0972. The summed E-state index contributed by atoms with van der Waals surface area (Å²) in [7, 11) is -4.18. The molecule has 0 aliphatic carbocycles. The van der Waals surface area contributed by atoms with E-state index < -0.39 is 20.0 Å². The van der Waals surface area contributed by atoms with Gasteiger partial charge in [-0.15, -0.1) is 0 Å². The topological polar surface area (TPSA) is 110 Å². The normalized spacial score (nSPS) is 14.0. The molecule has 0 saturated carbocycles. The molecule has 8 nitrogen and oxygen atoms in total. The molecule has 2 N–H and O–H groups in total. The zero-order chi connectivity index (χ0) is 16.5. The van der Waals surface area contributed by atoms with Crippen molar-refractivity contribution in [1.29, 1.82) is 0 Å². The van der Waals surface area contributed by atoms with Crippen molar-refractivity contribution in [3.05, 3.63) is 17.3 Å². The van der Waals surface area contributed by atoms with Crippen molar-refractivity contribution in [2.24, 2.45) is 0 Å². The molecule has 0 fully saturated rings. The summed E-state index contributed by atoms with van der Waals surface area (Å²) in [6.07, 6.45) is 0.734. The molecule has 0 aromatic carbocycles. The molecule has 0 spiro atoms. The molecule has 2 aromatic heterocycles. The average Bonchev–Trinajstić information content (AvgIpc) is 2.75. The van der Waals surface area contributed by atoms with Gasteiger partial charge in [-0.25, -0.2) is 15.0 Å². The quantitative estimate of drug-likeness (QED) is 0.607. The van der Waals surface area contributed by atoms with Crippen molar-refractivity contribution in [1.82, 2.24) is 19.5 Å². The van der Waals surface area contributed by atoms with Gasteiger partial charge in [-0.3, -0.25) is 4.57 Å². The minimum atomic E-state index is -4.18. The SMILES string of the molecule is CC(Cc1nc2c(Cl)ncnc2n1C(C)C)OCP(=O)(O)O. The Labute approximate surface area is 132 Å². The highest BCUT2D eigenvalue weighted by atomic mass is 35.5. The fraction of sp³-hybridized carbons (Fsp3) is 0.583. The van der Waals surface area contributed by atoms with Gasteiger partial charge in [-0.05, 0) is 20.8 Å². The largest absolute Gasteiger partial charge is 0.365 e. The van der Waals surface area contributed by atoms with E-state index in [1.54, 1.807) is 6.92 Å². The third-order valence-corrected chi connectivity index (χ3v) is 3.78. The maximum Gasteiger partial charge on any atom is 0.350 e. The zero-order valence-corrected chi connectivity index (χ0v) is 14.1. The molecule has 0 aliphatic rings. The van der Waals surface area contributed by atoms with Crippen LogP contribution in [0.15, 0.2) is 6.33 Å². The van der Waals surface area contributed by atoms with Crippen LogP contribution in [-0.4, -0.2) is 41.8 Å². The first kappa shape index (κ1) is 17.3. The fourth-order valence-corrected chi connectivity index (χ4v) is 2.77. The Hall–Kier alpha value is -1.05. The Bertz CT molecular complexity index is 714. The second kappa shape index (κ2) is 6.60. The molecule has 10 heteroatoms. The van der Waals surface area contributed by atoms with Gasteiger partial charge in [0.05, 0.1) is 6.10 Å². The maximum absolute atomic E-state index is 10.9. The minimum absolute atomic E-state index is 0.0972. The Morgan fingerprint density at radius 2 is 2.05 bits per heavy atom. The van der Waals surface area contributed by atoms with Crippen molar-refractivity contribution in [3.8, 4) is 0 Å². The zero-order valence-electron chi connectivity index (χ0n) is 12.5. The number of fused-ring (bicyclic) bond motifs is 1. The van der Waals surface area contributed by atoms with Crippen molar-refractivity contribution < 1.29 is 19.1 Å². The van der Waals surface area contributed by atoms with Gasteiger partial charge in [0.1, 0.15) is 24.0 Å². The predicted molar refractivity (Wildman–Crippen MR) is 81.9 cm³/mol. The van der Waals surface area contributed by atoms with Crippen LogP contribution in [0.4, 0.5) is 0 Å². The summed E-state index contributed by atoms with van der Waals surface area (Å²) in [4.78, 5) is 30.3. The molecule has 122 valence electrons. The van der Waals surface area contributed by atoms with E-state index in [0.29, 0.717) is 23.4 Å². The third kappa shape index (κ3) is 4.02. The Morgan fingerprint density at radius 3 is 2.64 bits per heavy atom. The van der Waals surface area contributed by atoms with Crippen LogP contribution in [-0.2, 0) is 15.7 Å². The highest BCUT2D eigenvalue weighted by molar-refractivity contribution is 7.51. The van der Waals surface area contributed by atoms with E-state index >= 15 is 0 Å². The molecule has 22 heavy (non-hydrogen) atoms. The highest BCUT2D eigenvalue weighted by Crippen LogP contribution is 2.34. The van der Waals surface area contributed by atoms with Crippen LogP contribution in [0.5, 0.6) is 0 Å². The number of halogens is 1. The molecule has 2 heterocycles. The lowest BCUT2D eigenvalue weighted by Crippen LogP contribution is -2.17. The van der Waals surface area contributed by atoms with Gasteiger partial charge in [-0.1, -0.05) is 11.6 Å².